The molecule has 2 rings (SSSR count). The van der Waals surface area contributed by atoms with Gasteiger partial charge in [0.15, 0.2) is 0 Å². The van der Waals surface area contributed by atoms with Crippen LogP contribution in [0.3, 0.4) is 0 Å². The summed E-state index contributed by atoms with van der Waals surface area (Å²) in [4.78, 5) is 1.18. The highest BCUT2D eigenvalue weighted by Gasteiger charge is 2.43. The number of nitrogens with zero attached hydrogens (tertiary/aromatic N) is 1. The Labute approximate surface area is 75.6 Å². The summed E-state index contributed by atoms with van der Waals surface area (Å²) in [5.74, 6) is 2.81. The fourth-order valence-corrected chi connectivity index (χ4v) is 2.29. The maximum atomic E-state index is 8.61. The largest absolute Gasteiger partial charge is 0.192 e. The van der Waals surface area contributed by atoms with Gasteiger partial charge in [-0.1, -0.05) is 5.92 Å². The lowest BCUT2D eigenvalue weighted by atomic mass is 10.1. The lowest BCUT2D eigenvalue weighted by Gasteiger charge is -2.00. The van der Waals surface area contributed by atoms with Gasteiger partial charge in [-0.25, -0.2) is 0 Å². The average Bonchev–Trinajstić information content (AvgIpc) is 2.77. The Balaban J connectivity index is 2.38. The van der Waals surface area contributed by atoms with E-state index in [2.05, 4.69) is 12.0 Å². The van der Waals surface area contributed by atoms with Gasteiger partial charge < -0.3 is 0 Å². The third-order valence-corrected chi connectivity index (χ3v) is 3.36. The standard InChI is InChI=1S/C10H7NS/c1-2-10(3-4-10)9-5-8(6-11)7-12-9/h1,5,7H,3-4H2. The molecule has 0 atom stereocenters. The number of terminal acetylenes is 1. The molecule has 0 aromatic carbocycles. The fraction of sp³-hybridized carbons (Fsp3) is 0.300. The molecule has 2 heteroatoms. The smallest absolute Gasteiger partial charge is 0.100 e. The normalized spacial score (nSPS) is 17.8. The third kappa shape index (κ3) is 0.932. The number of rotatable bonds is 1. The van der Waals surface area contributed by atoms with Crippen LogP contribution in [-0.2, 0) is 5.41 Å². The van der Waals surface area contributed by atoms with Gasteiger partial charge in [-0.3, -0.25) is 0 Å². The molecule has 0 unspecified atom stereocenters. The SMILES string of the molecule is C#CC1(c2cc(C#N)cs2)CC1. The summed E-state index contributed by atoms with van der Waals surface area (Å²) in [5, 5.41) is 10.5. The molecule has 0 radical (unpaired) electrons. The minimum absolute atomic E-state index is 0.000231. The molecule has 58 valence electrons. The van der Waals surface area contributed by atoms with E-state index in [1.165, 1.54) is 4.88 Å². The first-order chi connectivity index (χ1) is 5.80. The van der Waals surface area contributed by atoms with Gasteiger partial charge >= 0.3 is 0 Å². The molecular formula is C10H7NS. The number of nitriles is 1. The van der Waals surface area contributed by atoms with Crippen LogP contribution in [0.25, 0.3) is 0 Å². The Bertz CT molecular complexity index is 385. The number of thiophene rings is 1. The molecule has 1 nitrogen and oxygen atoms in total. The van der Waals surface area contributed by atoms with Crippen LogP contribution in [0, 0.1) is 23.7 Å². The zero-order chi connectivity index (χ0) is 8.60. The van der Waals surface area contributed by atoms with E-state index < -0.39 is 0 Å². The number of hydrogen-bond acceptors (Lipinski definition) is 2. The lowest BCUT2D eigenvalue weighted by molar-refractivity contribution is 0.961. The van der Waals surface area contributed by atoms with Crippen molar-refractivity contribution in [3.05, 3.63) is 21.9 Å². The molecule has 0 amide bonds. The zero-order valence-corrected chi connectivity index (χ0v) is 7.32. The molecule has 0 N–H and O–H groups in total. The Morgan fingerprint density at radius 2 is 2.33 bits per heavy atom. The third-order valence-electron chi connectivity index (χ3n) is 2.23. The minimum Gasteiger partial charge on any atom is -0.192 e. The van der Waals surface area contributed by atoms with Crippen LogP contribution in [0.5, 0.6) is 0 Å². The highest BCUT2D eigenvalue weighted by molar-refractivity contribution is 7.10. The van der Waals surface area contributed by atoms with Crippen molar-refractivity contribution in [1.29, 1.82) is 5.26 Å². The molecule has 1 fully saturated rings. The van der Waals surface area contributed by atoms with Crippen LogP contribution in [0.15, 0.2) is 11.4 Å². The van der Waals surface area contributed by atoms with E-state index in [0.717, 1.165) is 18.4 Å². The summed E-state index contributed by atoms with van der Waals surface area (Å²) in [5.41, 5.74) is 0.733. The van der Waals surface area contributed by atoms with Crippen LogP contribution in [0.4, 0.5) is 0 Å². The molecule has 1 saturated carbocycles. The van der Waals surface area contributed by atoms with E-state index in [4.69, 9.17) is 11.7 Å². The minimum atomic E-state index is -0.000231. The van der Waals surface area contributed by atoms with Crippen LogP contribution in [0.1, 0.15) is 23.3 Å². The fourth-order valence-electron chi connectivity index (χ4n) is 1.23. The van der Waals surface area contributed by atoms with E-state index in [9.17, 15) is 0 Å². The lowest BCUT2D eigenvalue weighted by Crippen LogP contribution is -1.97. The summed E-state index contributed by atoms with van der Waals surface area (Å²) in [6, 6.07) is 4.03. The predicted molar refractivity (Wildman–Crippen MR) is 48.8 cm³/mol. The van der Waals surface area contributed by atoms with Crippen molar-refractivity contribution in [1.82, 2.24) is 0 Å². The quantitative estimate of drug-likeness (QED) is 0.598. The molecule has 0 saturated heterocycles. The van der Waals surface area contributed by atoms with E-state index in [1.807, 2.05) is 11.4 Å². The highest BCUT2D eigenvalue weighted by atomic mass is 32.1. The molecule has 1 aliphatic rings. The van der Waals surface area contributed by atoms with Crippen molar-refractivity contribution in [3.63, 3.8) is 0 Å². The van der Waals surface area contributed by atoms with Gasteiger partial charge in [-0.2, -0.15) is 5.26 Å². The van der Waals surface area contributed by atoms with Gasteiger partial charge in [0, 0.05) is 10.3 Å². The summed E-state index contributed by atoms with van der Waals surface area (Å²) in [6.07, 6.45) is 7.58. The first-order valence-corrected chi connectivity index (χ1v) is 4.65. The van der Waals surface area contributed by atoms with Crippen molar-refractivity contribution >= 4 is 11.3 Å². The van der Waals surface area contributed by atoms with Crippen LogP contribution >= 0.6 is 11.3 Å². The van der Waals surface area contributed by atoms with Crippen LogP contribution < -0.4 is 0 Å². The Kier molecular flexibility index (Phi) is 1.46. The van der Waals surface area contributed by atoms with Crippen molar-refractivity contribution in [2.24, 2.45) is 0 Å². The van der Waals surface area contributed by atoms with Crippen molar-refractivity contribution < 1.29 is 0 Å². The number of hydrogen-bond donors (Lipinski definition) is 0. The van der Waals surface area contributed by atoms with Crippen LogP contribution in [0.2, 0.25) is 0 Å². The second-order valence-electron chi connectivity index (χ2n) is 3.04. The van der Waals surface area contributed by atoms with Gasteiger partial charge in [-0.05, 0) is 18.9 Å². The van der Waals surface area contributed by atoms with Crippen molar-refractivity contribution in [2.45, 2.75) is 18.3 Å². The monoisotopic (exact) mass is 173 g/mol. The molecule has 0 bridgehead atoms. The Morgan fingerprint density at radius 1 is 1.58 bits per heavy atom. The topological polar surface area (TPSA) is 23.8 Å². The average molecular weight is 173 g/mol. The first-order valence-electron chi connectivity index (χ1n) is 3.78. The molecule has 1 aromatic rings. The molecule has 12 heavy (non-hydrogen) atoms. The van der Waals surface area contributed by atoms with E-state index >= 15 is 0 Å². The summed E-state index contributed by atoms with van der Waals surface area (Å²) in [6.45, 7) is 0. The summed E-state index contributed by atoms with van der Waals surface area (Å²) >= 11 is 1.60. The molecule has 1 heterocycles. The second kappa shape index (κ2) is 2.37. The molecule has 0 aliphatic heterocycles. The van der Waals surface area contributed by atoms with Gasteiger partial charge in [0.1, 0.15) is 6.07 Å². The van der Waals surface area contributed by atoms with Gasteiger partial charge in [0.2, 0.25) is 0 Å². The van der Waals surface area contributed by atoms with Gasteiger partial charge in [-0.15, -0.1) is 17.8 Å². The first kappa shape index (κ1) is 7.40. The Hall–Kier alpha value is -1.25. The van der Waals surface area contributed by atoms with E-state index in [0.29, 0.717) is 0 Å². The molecule has 1 aromatic heterocycles. The second-order valence-corrected chi connectivity index (χ2v) is 3.95. The van der Waals surface area contributed by atoms with E-state index in [-0.39, 0.29) is 5.41 Å². The van der Waals surface area contributed by atoms with Crippen molar-refractivity contribution in [2.75, 3.05) is 0 Å². The maximum absolute atomic E-state index is 8.61. The molecule has 0 spiro atoms. The highest BCUT2D eigenvalue weighted by Crippen LogP contribution is 2.49. The van der Waals surface area contributed by atoms with Gasteiger partial charge in [0.05, 0.1) is 11.0 Å². The Morgan fingerprint density at radius 3 is 2.75 bits per heavy atom. The van der Waals surface area contributed by atoms with E-state index in [1.54, 1.807) is 11.3 Å². The maximum Gasteiger partial charge on any atom is 0.100 e. The summed E-state index contributed by atoms with van der Waals surface area (Å²) < 4.78 is 0. The molecule has 1 aliphatic carbocycles. The van der Waals surface area contributed by atoms with Crippen LogP contribution in [-0.4, -0.2) is 0 Å². The zero-order valence-electron chi connectivity index (χ0n) is 6.50. The van der Waals surface area contributed by atoms with Gasteiger partial charge in [0.25, 0.3) is 0 Å². The van der Waals surface area contributed by atoms with Crippen molar-refractivity contribution in [3.8, 4) is 18.4 Å². The summed E-state index contributed by atoms with van der Waals surface area (Å²) in [7, 11) is 0. The predicted octanol–water partition coefficient (Wildman–Crippen LogP) is 2.28. The molecular weight excluding hydrogens is 166 g/mol.